The fourth-order valence-electron chi connectivity index (χ4n) is 2.02. The highest BCUT2D eigenvalue weighted by molar-refractivity contribution is 7.99. The molecular formula is C13H17FN2OS. The summed E-state index contributed by atoms with van der Waals surface area (Å²) in [5.41, 5.74) is 6.04. The summed E-state index contributed by atoms with van der Waals surface area (Å²) in [6, 6.07) is 4.67. The van der Waals surface area contributed by atoms with Crippen LogP contribution >= 0.6 is 11.8 Å². The summed E-state index contributed by atoms with van der Waals surface area (Å²) in [4.78, 5) is 11.0. The van der Waals surface area contributed by atoms with Gasteiger partial charge in [-0.15, -0.1) is 0 Å². The van der Waals surface area contributed by atoms with E-state index < -0.39 is 5.91 Å². The van der Waals surface area contributed by atoms with Crippen molar-refractivity contribution < 1.29 is 9.18 Å². The van der Waals surface area contributed by atoms with Crippen LogP contribution in [0.2, 0.25) is 0 Å². The van der Waals surface area contributed by atoms with Gasteiger partial charge in [-0.1, -0.05) is 0 Å². The predicted molar refractivity (Wildman–Crippen MR) is 72.1 cm³/mol. The van der Waals surface area contributed by atoms with Gasteiger partial charge < -0.3 is 11.1 Å². The molecule has 1 atom stereocenters. The van der Waals surface area contributed by atoms with Crippen molar-refractivity contribution >= 4 is 17.7 Å². The van der Waals surface area contributed by atoms with E-state index in [0.717, 1.165) is 12.2 Å². The number of nitrogens with two attached hydrogens (primary N) is 1. The molecule has 1 amide bonds. The number of nitrogens with one attached hydrogen (secondary N) is 1. The molecular weight excluding hydrogens is 251 g/mol. The Hall–Kier alpha value is -1.07. The molecule has 0 bridgehead atoms. The SMILES string of the molecule is NC(=O)c1ccc(F)c(CNC2CCCSC2)c1. The Morgan fingerprint density at radius 1 is 1.56 bits per heavy atom. The third-order valence-electron chi connectivity index (χ3n) is 3.07. The van der Waals surface area contributed by atoms with Gasteiger partial charge in [0.25, 0.3) is 0 Å². The van der Waals surface area contributed by atoms with E-state index in [0.29, 0.717) is 23.7 Å². The summed E-state index contributed by atoms with van der Waals surface area (Å²) in [6.07, 6.45) is 2.33. The minimum Gasteiger partial charge on any atom is -0.366 e. The van der Waals surface area contributed by atoms with Crippen LogP contribution in [-0.2, 0) is 6.54 Å². The maximum atomic E-state index is 13.6. The van der Waals surface area contributed by atoms with Crippen molar-refractivity contribution in [2.75, 3.05) is 11.5 Å². The van der Waals surface area contributed by atoms with Crippen molar-refractivity contribution in [2.45, 2.75) is 25.4 Å². The first-order valence-electron chi connectivity index (χ1n) is 6.06. The fraction of sp³-hybridized carbons (Fsp3) is 0.462. The third kappa shape index (κ3) is 3.46. The smallest absolute Gasteiger partial charge is 0.248 e. The number of benzene rings is 1. The lowest BCUT2D eigenvalue weighted by Gasteiger charge is -2.22. The molecule has 0 saturated carbocycles. The number of primary amides is 1. The zero-order valence-electron chi connectivity index (χ0n) is 10.1. The van der Waals surface area contributed by atoms with Crippen LogP contribution in [0.5, 0.6) is 0 Å². The number of carbonyl (C=O) groups excluding carboxylic acids is 1. The molecule has 3 N–H and O–H groups in total. The molecule has 2 rings (SSSR count). The first-order valence-corrected chi connectivity index (χ1v) is 7.21. The summed E-state index contributed by atoms with van der Waals surface area (Å²) in [7, 11) is 0. The molecule has 0 radical (unpaired) electrons. The van der Waals surface area contributed by atoms with E-state index in [-0.39, 0.29) is 5.82 Å². The molecule has 1 unspecified atom stereocenters. The second-order valence-corrected chi connectivity index (χ2v) is 5.62. The first kappa shape index (κ1) is 13.4. The quantitative estimate of drug-likeness (QED) is 0.877. The van der Waals surface area contributed by atoms with E-state index >= 15 is 0 Å². The molecule has 1 aromatic rings. The van der Waals surface area contributed by atoms with Crippen LogP contribution in [0.25, 0.3) is 0 Å². The van der Waals surface area contributed by atoms with Crippen LogP contribution in [0.15, 0.2) is 18.2 Å². The van der Waals surface area contributed by atoms with Gasteiger partial charge in [0.1, 0.15) is 5.82 Å². The Kier molecular flexibility index (Phi) is 4.60. The second kappa shape index (κ2) is 6.20. The van der Waals surface area contributed by atoms with Crippen LogP contribution in [0, 0.1) is 5.82 Å². The highest BCUT2D eigenvalue weighted by Crippen LogP contribution is 2.18. The molecule has 1 aromatic carbocycles. The number of carbonyl (C=O) groups is 1. The van der Waals surface area contributed by atoms with Crippen molar-refractivity contribution in [3.05, 3.63) is 35.1 Å². The Morgan fingerprint density at radius 2 is 2.39 bits per heavy atom. The number of amides is 1. The average Bonchev–Trinajstić information content (AvgIpc) is 2.38. The van der Waals surface area contributed by atoms with Gasteiger partial charge in [0.15, 0.2) is 0 Å². The number of hydrogen-bond donors (Lipinski definition) is 2. The van der Waals surface area contributed by atoms with Gasteiger partial charge in [-0.05, 0) is 36.8 Å². The van der Waals surface area contributed by atoms with Crippen LogP contribution in [-0.4, -0.2) is 23.5 Å². The molecule has 18 heavy (non-hydrogen) atoms. The van der Waals surface area contributed by atoms with Gasteiger partial charge >= 0.3 is 0 Å². The molecule has 0 spiro atoms. The van der Waals surface area contributed by atoms with Gasteiger partial charge in [-0.3, -0.25) is 4.79 Å². The summed E-state index contributed by atoms with van der Waals surface area (Å²) in [5.74, 6) is 1.46. The van der Waals surface area contributed by atoms with Crippen molar-refractivity contribution in [1.82, 2.24) is 5.32 Å². The van der Waals surface area contributed by atoms with Crippen LogP contribution in [0.1, 0.15) is 28.8 Å². The molecule has 1 aliphatic heterocycles. The molecule has 5 heteroatoms. The van der Waals surface area contributed by atoms with Crippen molar-refractivity contribution in [3.63, 3.8) is 0 Å². The Balaban J connectivity index is 1.99. The predicted octanol–water partition coefficient (Wildman–Crippen LogP) is 1.91. The number of thioether (sulfide) groups is 1. The van der Waals surface area contributed by atoms with E-state index in [2.05, 4.69) is 5.32 Å². The minimum absolute atomic E-state index is 0.295. The van der Waals surface area contributed by atoms with E-state index in [9.17, 15) is 9.18 Å². The van der Waals surface area contributed by atoms with Crippen LogP contribution < -0.4 is 11.1 Å². The zero-order valence-corrected chi connectivity index (χ0v) is 10.9. The maximum absolute atomic E-state index is 13.6. The average molecular weight is 268 g/mol. The number of rotatable bonds is 4. The monoisotopic (exact) mass is 268 g/mol. The van der Waals surface area contributed by atoms with Crippen LogP contribution in [0.3, 0.4) is 0 Å². The summed E-state index contributed by atoms with van der Waals surface area (Å²) in [6.45, 7) is 0.443. The third-order valence-corrected chi connectivity index (χ3v) is 4.29. The normalized spacial score (nSPS) is 19.7. The van der Waals surface area contributed by atoms with Crippen molar-refractivity contribution in [2.24, 2.45) is 5.73 Å². The topological polar surface area (TPSA) is 55.1 Å². The lowest BCUT2D eigenvalue weighted by molar-refractivity contribution is 0.1000. The molecule has 1 fully saturated rings. The largest absolute Gasteiger partial charge is 0.366 e. The van der Waals surface area contributed by atoms with Gasteiger partial charge in [-0.25, -0.2) is 4.39 Å². The molecule has 1 saturated heterocycles. The van der Waals surface area contributed by atoms with Crippen molar-refractivity contribution in [3.8, 4) is 0 Å². The zero-order chi connectivity index (χ0) is 13.0. The summed E-state index contributed by atoms with van der Waals surface area (Å²) < 4.78 is 13.6. The Morgan fingerprint density at radius 3 is 3.06 bits per heavy atom. The van der Waals surface area contributed by atoms with Gasteiger partial charge in [0, 0.05) is 29.5 Å². The van der Waals surface area contributed by atoms with Gasteiger partial charge in [-0.2, -0.15) is 11.8 Å². The number of halogens is 1. The summed E-state index contributed by atoms with van der Waals surface area (Å²) in [5, 5.41) is 3.33. The molecule has 3 nitrogen and oxygen atoms in total. The van der Waals surface area contributed by atoms with Crippen LogP contribution in [0.4, 0.5) is 4.39 Å². The standard InChI is InChI=1S/C13H17FN2OS/c14-12-4-3-9(13(15)17)6-10(12)7-16-11-2-1-5-18-8-11/h3-4,6,11,16H,1-2,5,7-8H2,(H2,15,17). The lowest BCUT2D eigenvalue weighted by atomic mass is 10.1. The Bertz CT molecular complexity index is 433. The Labute approximate surface area is 110 Å². The van der Waals surface area contributed by atoms with Gasteiger partial charge in [0.05, 0.1) is 0 Å². The summed E-state index contributed by atoms with van der Waals surface area (Å²) >= 11 is 1.92. The lowest BCUT2D eigenvalue weighted by Crippen LogP contribution is -2.33. The van der Waals surface area contributed by atoms with E-state index in [1.165, 1.54) is 30.4 Å². The number of hydrogen-bond acceptors (Lipinski definition) is 3. The minimum atomic E-state index is -0.524. The maximum Gasteiger partial charge on any atom is 0.248 e. The highest BCUT2D eigenvalue weighted by Gasteiger charge is 2.14. The van der Waals surface area contributed by atoms with E-state index in [4.69, 9.17) is 5.73 Å². The highest BCUT2D eigenvalue weighted by atomic mass is 32.2. The molecule has 0 aromatic heterocycles. The van der Waals surface area contributed by atoms with E-state index in [1.807, 2.05) is 11.8 Å². The second-order valence-electron chi connectivity index (χ2n) is 4.47. The fourth-order valence-corrected chi connectivity index (χ4v) is 3.13. The van der Waals surface area contributed by atoms with E-state index in [1.54, 1.807) is 0 Å². The molecule has 1 aliphatic rings. The first-order chi connectivity index (χ1) is 8.66. The van der Waals surface area contributed by atoms with Gasteiger partial charge in [0.2, 0.25) is 5.91 Å². The van der Waals surface area contributed by atoms with Crippen molar-refractivity contribution in [1.29, 1.82) is 0 Å². The molecule has 1 heterocycles. The molecule has 98 valence electrons. The molecule has 0 aliphatic carbocycles.